The highest BCUT2D eigenvalue weighted by Crippen LogP contribution is 2.28. The summed E-state index contributed by atoms with van der Waals surface area (Å²) in [7, 11) is 2.90. The van der Waals surface area contributed by atoms with Crippen molar-refractivity contribution in [3.63, 3.8) is 0 Å². The number of nitrogens with one attached hydrogen (secondary N) is 1. The van der Waals surface area contributed by atoms with Crippen LogP contribution < -0.4 is 10.1 Å². The molecule has 0 radical (unpaired) electrons. The smallest absolute Gasteiger partial charge is 0.337 e. The average Bonchev–Trinajstić information content (AvgIpc) is 2.63. The van der Waals surface area contributed by atoms with Gasteiger partial charge < -0.3 is 14.8 Å². The number of rotatable bonds is 6. The fraction of sp³-hybridized carbons (Fsp3) is 0.222. The molecule has 0 fully saturated rings. The molecule has 0 aromatic heterocycles. The summed E-state index contributed by atoms with van der Waals surface area (Å²) in [5, 5.41) is 2.74. The molecule has 2 aromatic carbocycles. The number of carbonyl (C=O) groups is 2. The summed E-state index contributed by atoms with van der Waals surface area (Å²) in [6.07, 6.45) is 0. The van der Waals surface area contributed by atoms with E-state index in [4.69, 9.17) is 16.3 Å². The van der Waals surface area contributed by atoms with E-state index in [9.17, 15) is 9.59 Å². The molecule has 0 saturated carbocycles. The molecule has 0 saturated heterocycles. The quantitative estimate of drug-likeness (QED) is 0.600. The molecule has 7 heteroatoms. The van der Waals surface area contributed by atoms with E-state index in [-0.39, 0.29) is 11.2 Å². The highest BCUT2D eigenvalue weighted by atomic mass is 35.5. The zero-order chi connectivity index (χ0) is 18.4. The fourth-order valence-electron chi connectivity index (χ4n) is 2.01. The minimum absolute atomic E-state index is 0.218. The Bertz CT molecular complexity index is 764. The van der Waals surface area contributed by atoms with Gasteiger partial charge in [-0.15, -0.1) is 11.8 Å². The highest BCUT2D eigenvalue weighted by Gasteiger charge is 2.17. The molecule has 0 unspecified atom stereocenters. The number of ether oxygens (including phenoxy) is 2. The third-order valence-electron chi connectivity index (χ3n) is 3.39. The van der Waals surface area contributed by atoms with E-state index in [0.29, 0.717) is 16.3 Å². The Hall–Kier alpha value is -2.18. The van der Waals surface area contributed by atoms with Crippen LogP contribution in [0.4, 0.5) is 5.69 Å². The molecule has 2 rings (SSSR count). The van der Waals surface area contributed by atoms with Gasteiger partial charge in [-0.05, 0) is 49.4 Å². The van der Waals surface area contributed by atoms with Gasteiger partial charge in [0, 0.05) is 4.90 Å². The first-order chi connectivity index (χ1) is 11.9. The minimum Gasteiger partial charge on any atom is -0.497 e. The molecule has 2 aromatic rings. The summed E-state index contributed by atoms with van der Waals surface area (Å²) in [6, 6.07) is 12.0. The van der Waals surface area contributed by atoms with Crippen molar-refractivity contribution in [1.82, 2.24) is 0 Å². The number of esters is 1. The van der Waals surface area contributed by atoms with E-state index >= 15 is 0 Å². The topological polar surface area (TPSA) is 64.6 Å². The third-order valence-corrected chi connectivity index (χ3v) is 4.83. The van der Waals surface area contributed by atoms with Crippen LogP contribution in [0.25, 0.3) is 0 Å². The van der Waals surface area contributed by atoms with Crippen molar-refractivity contribution >= 4 is 40.9 Å². The van der Waals surface area contributed by atoms with Gasteiger partial charge in [-0.2, -0.15) is 0 Å². The zero-order valence-electron chi connectivity index (χ0n) is 14.0. The summed E-state index contributed by atoms with van der Waals surface area (Å²) in [6.45, 7) is 1.79. The van der Waals surface area contributed by atoms with E-state index in [1.807, 2.05) is 24.3 Å². The molecule has 0 bridgehead atoms. The summed E-state index contributed by atoms with van der Waals surface area (Å²) in [4.78, 5) is 25.0. The highest BCUT2D eigenvalue weighted by molar-refractivity contribution is 8.00. The van der Waals surface area contributed by atoms with Crippen molar-refractivity contribution in [3.05, 3.63) is 53.1 Å². The Labute approximate surface area is 155 Å². The van der Waals surface area contributed by atoms with E-state index in [0.717, 1.165) is 10.6 Å². The minimum atomic E-state index is -0.493. The predicted molar refractivity (Wildman–Crippen MR) is 99.7 cm³/mol. The lowest BCUT2D eigenvalue weighted by Crippen LogP contribution is -2.22. The zero-order valence-corrected chi connectivity index (χ0v) is 15.6. The van der Waals surface area contributed by atoms with Crippen LogP contribution in [0.3, 0.4) is 0 Å². The van der Waals surface area contributed by atoms with Crippen molar-refractivity contribution < 1.29 is 19.1 Å². The SMILES string of the molecule is COC(=O)c1ccc(Cl)c(NC(=O)[C@H](C)Sc2ccc(OC)cc2)c1. The van der Waals surface area contributed by atoms with Crippen LogP contribution in [-0.4, -0.2) is 31.3 Å². The summed E-state index contributed by atoms with van der Waals surface area (Å²) < 4.78 is 9.78. The number of hydrogen-bond donors (Lipinski definition) is 1. The Morgan fingerprint density at radius 3 is 2.40 bits per heavy atom. The maximum absolute atomic E-state index is 12.4. The Kier molecular flexibility index (Phi) is 6.73. The second-order valence-corrected chi connectivity index (χ2v) is 6.93. The van der Waals surface area contributed by atoms with Gasteiger partial charge >= 0.3 is 5.97 Å². The molecule has 132 valence electrons. The number of hydrogen-bond acceptors (Lipinski definition) is 5. The standard InChI is InChI=1S/C18H18ClNO4S/c1-11(25-14-7-5-13(23-2)6-8-14)17(21)20-16-10-12(18(22)24-3)4-9-15(16)19/h4-11H,1-3H3,(H,20,21)/t11-/m0/s1. The van der Waals surface area contributed by atoms with Gasteiger partial charge in [0.1, 0.15) is 5.75 Å². The number of methoxy groups -OCH3 is 2. The Balaban J connectivity index is 2.06. The Morgan fingerprint density at radius 1 is 1.12 bits per heavy atom. The lowest BCUT2D eigenvalue weighted by molar-refractivity contribution is -0.115. The molecule has 5 nitrogen and oxygen atoms in total. The number of halogens is 1. The van der Waals surface area contributed by atoms with Crippen molar-refractivity contribution in [1.29, 1.82) is 0 Å². The molecule has 1 N–H and O–H groups in total. The summed E-state index contributed by atoms with van der Waals surface area (Å²) >= 11 is 7.51. The lowest BCUT2D eigenvalue weighted by atomic mass is 10.2. The van der Waals surface area contributed by atoms with Gasteiger partial charge in [0.05, 0.1) is 35.7 Å². The largest absolute Gasteiger partial charge is 0.497 e. The molecular formula is C18H18ClNO4S. The molecule has 0 aliphatic carbocycles. The van der Waals surface area contributed by atoms with Gasteiger partial charge in [-0.1, -0.05) is 11.6 Å². The number of anilines is 1. The summed E-state index contributed by atoms with van der Waals surface area (Å²) in [5.41, 5.74) is 0.689. The van der Waals surface area contributed by atoms with E-state index in [1.54, 1.807) is 26.2 Å². The van der Waals surface area contributed by atoms with E-state index in [1.165, 1.54) is 24.9 Å². The monoisotopic (exact) mass is 379 g/mol. The van der Waals surface area contributed by atoms with Crippen LogP contribution >= 0.6 is 23.4 Å². The summed E-state index contributed by atoms with van der Waals surface area (Å²) in [5.74, 6) is 0.0467. The van der Waals surface area contributed by atoms with Crippen LogP contribution in [0.1, 0.15) is 17.3 Å². The van der Waals surface area contributed by atoms with Gasteiger partial charge in [0.15, 0.2) is 0 Å². The molecular weight excluding hydrogens is 362 g/mol. The van der Waals surface area contributed by atoms with E-state index in [2.05, 4.69) is 10.1 Å². The first kappa shape index (κ1) is 19.1. The van der Waals surface area contributed by atoms with Crippen LogP contribution in [0.2, 0.25) is 5.02 Å². The third kappa shape index (κ3) is 5.14. The molecule has 0 heterocycles. The first-order valence-electron chi connectivity index (χ1n) is 7.44. The average molecular weight is 380 g/mol. The maximum atomic E-state index is 12.4. The van der Waals surface area contributed by atoms with Crippen molar-refractivity contribution in [2.75, 3.05) is 19.5 Å². The molecule has 1 atom stereocenters. The van der Waals surface area contributed by atoms with Crippen LogP contribution in [0.15, 0.2) is 47.4 Å². The van der Waals surface area contributed by atoms with Gasteiger partial charge in [-0.3, -0.25) is 4.79 Å². The van der Waals surface area contributed by atoms with Crippen molar-refractivity contribution in [2.45, 2.75) is 17.1 Å². The normalized spacial score (nSPS) is 11.5. The van der Waals surface area contributed by atoms with Crippen LogP contribution in [0.5, 0.6) is 5.75 Å². The number of benzene rings is 2. The van der Waals surface area contributed by atoms with Gasteiger partial charge in [0.2, 0.25) is 5.91 Å². The second kappa shape index (κ2) is 8.78. The van der Waals surface area contributed by atoms with Gasteiger partial charge in [-0.25, -0.2) is 4.79 Å². The first-order valence-corrected chi connectivity index (χ1v) is 8.69. The van der Waals surface area contributed by atoms with Crippen LogP contribution in [-0.2, 0) is 9.53 Å². The van der Waals surface area contributed by atoms with E-state index < -0.39 is 5.97 Å². The Morgan fingerprint density at radius 2 is 1.80 bits per heavy atom. The number of amides is 1. The lowest BCUT2D eigenvalue weighted by Gasteiger charge is -2.14. The molecule has 0 aliphatic rings. The molecule has 1 amide bonds. The predicted octanol–water partition coefficient (Wildman–Crippen LogP) is 4.25. The van der Waals surface area contributed by atoms with Gasteiger partial charge in [0.25, 0.3) is 0 Å². The molecule has 0 spiro atoms. The fourth-order valence-corrected chi connectivity index (χ4v) is 3.04. The maximum Gasteiger partial charge on any atom is 0.337 e. The second-order valence-electron chi connectivity index (χ2n) is 5.11. The molecule has 25 heavy (non-hydrogen) atoms. The number of carbonyl (C=O) groups excluding carboxylic acids is 2. The van der Waals surface area contributed by atoms with Crippen molar-refractivity contribution in [2.24, 2.45) is 0 Å². The van der Waals surface area contributed by atoms with Crippen molar-refractivity contribution in [3.8, 4) is 5.75 Å². The van der Waals surface area contributed by atoms with Crippen LogP contribution in [0, 0.1) is 0 Å². The number of thioether (sulfide) groups is 1. The molecule has 0 aliphatic heterocycles.